The average molecular weight is 318 g/mol. The van der Waals surface area contributed by atoms with Crippen molar-refractivity contribution in [2.24, 2.45) is 0 Å². The largest absolute Gasteiger partial charge is 0.495 e. The molecule has 0 fully saturated rings. The topological polar surface area (TPSA) is 99.9 Å². The second-order valence-corrected chi connectivity index (χ2v) is 6.10. The summed E-state index contributed by atoms with van der Waals surface area (Å²) in [5.74, 6) is 0.259. The molecule has 0 aliphatic rings. The molecule has 7 nitrogen and oxygen atoms in total. The Kier molecular flexibility index (Phi) is 6.90. The van der Waals surface area contributed by atoms with Crippen molar-refractivity contribution in [3.63, 3.8) is 0 Å². The van der Waals surface area contributed by atoms with E-state index >= 15 is 0 Å². The highest BCUT2D eigenvalue weighted by molar-refractivity contribution is 7.89. The van der Waals surface area contributed by atoms with E-state index in [1.54, 1.807) is 20.1 Å². The van der Waals surface area contributed by atoms with Gasteiger partial charge in [0.2, 0.25) is 10.0 Å². The van der Waals surface area contributed by atoms with Gasteiger partial charge < -0.3 is 19.9 Å². The monoisotopic (exact) mass is 318 g/mol. The number of nitrogens with one attached hydrogen (secondary N) is 1. The van der Waals surface area contributed by atoms with Crippen LogP contribution in [0.5, 0.6) is 5.75 Å². The molecule has 0 aromatic heterocycles. The third-order valence-corrected chi connectivity index (χ3v) is 4.29. The van der Waals surface area contributed by atoms with E-state index < -0.39 is 10.0 Å². The molecule has 0 saturated carbocycles. The van der Waals surface area contributed by atoms with Crippen LogP contribution in [-0.2, 0) is 19.5 Å². The number of methoxy groups -OCH3 is 2. The quantitative estimate of drug-likeness (QED) is 0.509. The van der Waals surface area contributed by atoms with Gasteiger partial charge in [-0.15, -0.1) is 0 Å². The highest BCUT2D eigenvalue weighted by Gasteiger charge is 2.20. The van der Waals surface area contributed by atoms with Crippen molar-refractivity contribution in [1.82, 2.24) is 4.72 Å². The van der Waals surface area contributed by atoms with Crippen molar-refractivity contribution < 1.29 is 22.6 Å². The van der Waals surface area contributed by atoms with E-state index in [9.17, 15) is 8.42 Å². The molecule has 0 bridgehead atoms. The van der Waals surface area contributed by atoms with Gasteiger partial charge in [0.25, 0.3) is 0 Å². The smallest absolute Gasteiger partial charge is 0.244 e. The molecule has 0 heterocycles. The lowest BCUT2D eigenvalue weighted by molar-refractivity contribution is 0.0736. The Morgan fingerprint density at radius 2 is 1.90 bits per heavy atom. The first kappa shape index (κ1) is 17.7. The van der Waals surface area contributed by atoms with Crippen LogP contribution in [0.25, 0.3) is 0 Å². The molecule has 0 amide bonds. The van der Waals surface area contributed by atoms with Gasteiger partial charge in [-0.05, 0) is 24.6 Å². The molecule has 8 heteroatoms. The Morgan fingerprint density at radius 3 is 2.52 bits per heavy atom. The van der Waals surface area contributed by atoms with Crippen LogP contribution in [0.1, 0.15) is 5.56 Å². The van der Waals surface area contributed by atoms with Crippen molar-refractivity contribution in [2.45, 2.75) is 11.8 Å². The summed E-state index contributed by atoms with van der Waals surface area (Å²) >= 11 is 0. The van der Waals surface area contributed by atoms with Gasteiger partial charge in [0, 0.05) is 19.3 Å². The van der Waals surface area contributed by atoms with Gasteiger partial charge >= 0.3 is 0 Å². The van der Waals surface area contributed by atoms with E-state index in [-0.39, 0.29) is 23.8 Å². The van der Waals surface area contributed by atoms with E-state index in [1.807, 2.05) is 0 Å². The molecule has 0 spiro atoms. The molecule has 1 rings (SSSR count). The number of anilines is 1. The second-order valence-electron chi connectivity index (χ2n) is 4.36. The Morgan fingerprint density at radius 1 is 1.19 bits per heavy atom. The SMILES string of the molecule is COCCOCCNS(=O)(=O)c1cc(N)c(C)cc1OC. The van der Waals surface area contributed by atoms with Gasteiger partial charge in [-0.1, -0.05) is 0 Å². The number of hydrogen-bond donors (Lipinski definition) is 2. The van der Waals surface area contributed by atoms with Gasteiger partial charge in [0.15, 0.2) is 0 Å². The lowest BCUT2D eigenvalue weighted by Gasteiger charge is -2.13. The van der Waals surface area contributed by atoms with Gasteiger partial charge in [-0.2, -0.15) is 0 Å². The molecule has 0 saturated heterocycles. The van der Waals surface area contributed by atoms with Gasteiger partial charge in [-0.25, -0.2) is 13.1 Å². The number of hydrogen-bond acceptors (Lipinski definition) is 6. The molecule has 1 aromatic carbocycles. The summed E-state index contributed by atoms with van der Waals surface area (Å²) in [6.07, 6.45) is 0. The summed E-state index contributed by atoms with van der Waals surface area (Å²) in [5, 5.41) is 0. The molecule has 0 aliphatic carbocycles. The molecule has 0 atom stereocenters. The maximum Gasteiger partial charge on any atom is 0.244 e. The normalized spacial score (nSPS) is 11.6. The zero-order valence-corrected chi connectivity index (χ0v) is 13.3. The average Bonchev–Trinajstić information content (AvgIpc) is 2.45. The predicted octanol–water partition coefficient (Wildman–Crippen LogP) is 0.527. The van der Waals surface area contributed by atoms with Crippen molar-refractivity contribution in [3.05, 3.63) is 17.7 Å². The van der Waals surface area contributed by atoms with Crippen LogP contribution in [0.2, 0.25) is 0 Å². The highest BCUT2D eigenvalue weighted by atomic mass is 32.2. The minimum absolute atomic E-state index is 0.0185. The maximum absolute atomic E-state index is 12.2. The molecule has 0 radical (unpaired) electrons. The fourth-order valence-corrected chi connectivity index (χ4v) is 2.81. The Balaban J connectivity index is 2.72. The summed E-state index contributed by atoms with van der Waals surface area (Å²) in [5.41, 5.74) is 6.92. The predicted molar refractivity (Wildman–Crippen MR) is 80.0 cm³/mol. The molecular weight excluding hydrogens is 296 g/mol. The van der Waals surface area contributed by atoms with Crippen molar-refractivity contribution in [2.75, 3.05) is 46.3 Å². The molecule has 0 aliphatic heterocycles. The van der Waals surface area contributed by atoms with Crippen molar-refractivity contribution in [1.29, 1.82) is 0 Å². The van der Waals surface area contributed by atoms with Crippen LogP contribution < -0.4 is 15.2 Å². The van der Waals surface area contributed by atoms with Crippen molar-refractivity contribution >= 4 is 15.7 Å². The van der Waals surface area contributed by atoms with Crippen LogP contribution in [0.3, 0.4) is 0 Å². The van der Waals surface area contributed by atoms with Crippen LogP contribution in [0.15, 0.2) is 17.0 Å². The van der Waals surface area contributed by atoms with E-state index in [4.69, 9.17) is 19.9 Å². The number of nitrogen functional groups attached to an aromatic ring is 1. The number of nitrogens with two attached hydrogens (primary N) is 1. The fraction of sp³-hybridized carbons (Fsp3) is 0.538. The maximum atomic E-state index is 12.2. The third-order valence-electron chi connectivity index (χ3n) is 2.81. The summed E-state index contributed by atoms with van der Waals surface area (Å²) < 4.78 is 42.0. The number of aryl methyl sites for hydroxylation is 1. The zero-order valence-electron chi connectivity index (χ0n) is 12.5. The van der Waals surface area contributed by atoms with Gasteiger partial charge in [0.1, 0.15) is 10.6 Å². The lowest BCUT2D eigenvalue weighted by atomic mass is 10.2. The van der Waals surface area contributed by atoms with E-state index in [2.05, 4.69) is 4.72 Å². The lowest BCUT2D eigenvalue weighted by Crippen LogP contribution is -2.28. The second kappa shape index (κ2) is 8.18. The van der Waals surface area contributed by atoms with Crippen molar-refractivity contribution in [3.8, 4) is 5.75 Å². The minimum Gasteiger partial charge on any atom is -0.495 e. The number of sulfonamides is 1. The van der Waals surface area contributed by atoms with Crippen LogP contribution >= 0.6 is 0 Å². The van der Waals surface area contributed by atoms with E-state index in [1.165, 1.54) is 13.2 Å². The number of ether oxygens (including phenoxy) is 3. The van der Waals surface area contributed by atoms with Crippen LogP contribution in [0.4, 0.5) is 5.69 Å². The highest BCUT2D eigenvalue weighted by Crippen LogP contribution is 2.28. The fourth-order valence-electron chi connectivity index (χ4n) is 1.62. The Labute approximate surface area is 125 Å². The molecular formula is C13H22N2O5S. The number of rotatable bonds is 9. The molecule has 120 valence electrons. The summed E-state index contributed by atoms with van der Waals surface area (Å²) in [6.45, 7) is 3.08. The standard InChI is InChI=1S/C13H22N2O5S/c1-10-8-12(19-3)13(9-11(10)14)21(16,17)15-4-5-20-7-6-18-2/h8-9,15H,4-7,14H2,1-3H3. The van der Waals surface area contributed by atoms with Crippen LogP contribution in [0, 0.1) is 6.92 Å². The third kappa shape index (κ3) is 5.16. The Hall–Kier alpha value is -1.35. The molecule has 1 aromatic rings. The van der Waals surface area contributed by atoms with Gasteiger partial charge in [-0.3, -0.25) is 0 Å². The minimum atomic E-state index is -3.70. The van der Waals surface area contributed by atoms with Crippen LogP contribution in [-0.4, -0.2) is 49.0 Å². The molecule has 21 heavy (non-hydrogen) atoms. The van der Waals surface area contributed by atoms with E-state index in [0.29, 0.717) is 18.9 Å². The van der Waals surface area contributed by atoms with Gasteiger partial charge in [0.05, 0.1) is 26.9 Å². The summed E-state index contributed by atoms with van der Waals surface area (Å²) in [4.78, 5) is 0.0185. The summed E-state index contributed by atoms with van der Waals surface area (Å²) in [7, 11) is -0.717. The first-order valence-corrected chi connectivity index (χ1v) is 7.91. The zero-order chi connectivity index (χ0) is 15.9. The first-order valence-electron chi connectivity index (χ1n) is 6.43. The summed E-state index contributed by atoms with van der Waals surface area (Å²) in [6, 6.07) is 2.99. The number of benzene rings is 1. The first-order chi connectivity index (χ1) is 9.92. The molecule has 0 unspecified atom stereocenters. The Bertz CT molecular complexity index is 560. The van der Waals surface area contributed by atoms with E-state index in [0.717, 1.165) is 5.56 Å². The molecule has 3 N–H and O–H groups in total.